The molecule has 5 rings (SSSR count). The Labute approximate surface area is 194 Å². The number of halogens is 2. The van der Waals surface area contributed by atoms with Gasteiger partial charge in [-0.2, -0.15) is 5.10 Å². The topological polar surface area (TPSA) is 41.1 Å². The molecule has 0 bridgehead atoms. The van der Waals surface area contributed by atoms with Crippen LogP contribution < -0.4 is 0 Å². The molecule has 0 saturated carbocycles. The van der Waals surface area contributed by atoms with E-state index in [4.69, 9.17) is 37.7 Å². The maximum Gasteiger partial charge on any atom is 0.185 e. The van der Waals surface area contributed by atoms with Crippen molar-refractivity contribution in [1.29, 1.82) is 0 Å². The molecule has 1 aliphatic heterocycles. The summed E-state index contributed by atoms with van der Waals surface area (Å²) < 4.78 is 6.05. The molecular weight excluding hydrogens is 449 g/mol. The molecule has 0 unspecified atom stereocenters. The molecule has 0 spiro atoms. The fraction of sp³-hybridized carbons (Fsp3) is 0.0833. The van der Waals surface area contributed by atoms with Crippen LogP contribution in [0.4, 0.5) is 5.69 Å². The van der Waals surface area contributed by atoms with Gasteiger partial charge in [0.2, 0.25) is 0 Å². The number of fused-ring (bicyclic) bond motifs is 1. The van der Waals surface area contributed by atoms with Crippen molar-refractivity contribution in [3.05, 3.63) is 100 Å². The first kappa shape index (κ1) is 20.2. The van der Waals surface area contributed by atoms with Crippen molar-refractivity contribution in [3.8, 4) is 0 Å². The Bertz CT molecular complexity index is 1270. The highest BCUT2D eigenvalue weighted by Crippen LogP contribution is 2.30. The molecule has 0 fully saturated rings. The Morgan fingerprint density at radius 3 is 2.55 bits per heavy atom. The third-order valence-corrected chi connectivity index (χ3v) is 6.53. The maximum absolute atomic E-state index is 6.18. The minimum Gasteiger partial charge on any atom is -0.455 e. The first-order chi connectivity index (χ1) is 15.2. The highest BCUT2D eigenvalue weighted by atomic mass is 35.5. The molecule has 1 aliphatic rings. The molecule has 0 amide bonds. The molecule has 154 valence electrons. The van der Waals surface area contributed by atoms with E-state index in [0.717, 1.165) is 38.9 Å². The van der Waals surface area contributed by atoms with Crippen LogP contribution in [0.1, 0.15) is 11.3 Å². The van der Waals surface area contributed by atoms with Gasteiger partial charge in [-0.1, -0.05) is 83.5 Å². The lowest BCUT2D eigenvalue weighted by molar-refractivity contribution is 0.444. The minimum atomic E-state index is 0.477. The van der Waals surface area contributed by atoms with Crippen LogP contribution in [-0.2, 0) is 6.54 Å². The lowest BCUT2D eigenvalue weighted by Gasteiger charge is -2.26. The van der Waals surface area contributed by atoms with Crippen molar-refractivity contribution in [2.45, 2.75) is 6.54 Å². The van der Waals surface area contributed by atoms with Crippen LogP contribution in [0.2, 0.25) is 10.0 Å². The summed E-state index contributed by atoms with van der Waals surface area (Å²) in [6.07, 6.45) is 0. The van der Waals surface area contributed by atoms with E-state index in [2.05, 4.69) is 12.1 Å². The number of hydrogen-bond donors (Lipinski definition) is 0. The molecule has 31 heavy (non-hydrogen) atoms. The van der Waals surface area contributed by atoms with Crippen LogP contribution in [0, 0.1) is 0 Å². The number of thioether (sulfide) groups is 1. The van der Waals surface area contributed by atoms with E-state index < -0.39 is 0 Å². The van der Waals surface area contributed by atoms with Crippen LogP contribution in [-0.4, -0.2) is 21.6 Å². The first-order valence-electron chi connectivity index (χ1n) is 9.70. The summed E-state index contributed by atoms with van der Waals surface area (Å²) in [7, 11) is 0. The van der Waals surface area contributed by atoms with Crippen LogP contribution in [0.25, 0.3) is 11.0 Å². The normalized spacial score (nSPS) is 15.5. The van der Waals surface area contributed by atoms with Crippen molar-refractivity contribution >= 4 is 62.5 Å². The van der Waals surface area contributed by atoms with Gasteiger partial charge >= 0.3 is 0 Å². The molecular formula is C24H17Cl2N3OS. The van der Waals surface area contributed by atoms with Gasteiger partial charge in [-0.05, 0) is 35.9 Å². The Morgan fingerprint density at radius 1 is 0.935 bits per heavy atom. The number of aliphatic imine (C=N–C) groups is 1. The molecule has 7 heteroatoms. The quantitative estimate of drug-likeness (QED) is 0.315. The predicted molar refractivity (Wildman–Crippen MR) is 131 cm³/mol. The third kappa shape index (κ3) is 4.49. The number of hydrazone groups is 1. The van der Waals surface area contributed by atoms with Crippen molar-refractivity contribution < 1.29 is 4.42 Å². The Balaban J connectivity index is 1.52. The van der Waals surface area contributed by atoms with Gasteiger partial charge in [-0.25, -0.2) is 10.0 Å². The van der Waals surface area contributed by atoms with E-state index in [1.54, 1.807) is 23.9 Å². The fourth-order valence-electron chi connectivity index (χ4n) is 3.28. The number of amidine groups is 1. The van der Waals surface area contributed by atoms with Gasteiger partial charge in [0.15, 0.2) is 10.9 Å². The summed E-state index contributed by atoms with van der Waals surface area (Å²) in [6.45, 7) is 0.595. The summed E-state index contributed by atoms with van der Waals surface area (Å²) >= 11 is 13.8. The Hall–Kier alpha value is -2.73. The standard InChI is InChI=1S/C24H17Cl2N3OS/c25-19-11-10-18(13-20(19)26)27-24-29(14-16-6-2-1-3-7-16)28-21(15-31-24)23-12-17-8-4-5-9-22(17)30-23/h1-13H,14-15H2. The number of nitrogens with zero attached hydrogens (tertiary/aromatic N) is 3. The summed E-state index contributed by atoms with van der Waals surface area (Å²) in [5, 5.41) is 9.66. The molecule has 4 aromatic rings. The van der Waals surface area contributed by atoms with Crippen molar-refractivity contribution in [2.24, 2.45) is 10.1 Å². The van der Waals surface area contributed by atoms with E-state index in [9.17, 15) is 0 Å². The van der Waals surface area contributed by atoms with Crippen molar-refractivity contribution in [2.75, 3.05) is 5.75 Å². The number of para-hydroxylation sites is 1. The molecule has 0 aliphatic carbocycles. The monoisotopic (exact) mass is 465 g/mol. The average Bonchev–Trinajstić information content (AvgIpc) is 3.22. The van der Waals surface area contributed by atoms with Crippen LogP contribution in [0.5, 0.6) is 0 Å². The number of furan rings is 1. The Morgan fingerprint density at radius 2 is 1.74 bits per heavy atom. The summed E-state index contributed by atoms with van der Waals surface area (Å²) in [6, 6.07) is 25.6. The van der Waals surface area contributed by atoms with E-state index >= 15 is 0 Å². The lowest BCUT2D eigenvalue weighted by Crippen LogP contribution is -2.30. The van der Waals surface area contributed by atoms with Crippen LogP contribution in [0.15, 0.2) is 93.4 Å². The van der Waals surface area contributed by atoms with Crippen LogP contribution in [0.3, 0.4) is 0 Å². The van der Waals surface area contributed by atoms with Gasteiger partial charge in [-0.3, -0.25) is 0 Å². The Kier molecular flexibility index (Phi) is 5.72. The summed E-state index contributed by atoms with van der Waals surface area (Å²) in [5.41, 5.74) is 3.61. The zero-order valence-corrected chi connectivity index (χ0v) is 18.7. The molecule has 2 heterocycles. The van der Waals surface area contributed by atoms with Gasteiger partial charge in [0, 0.05) is 11.1 Å². The second-order valence-corrected chi connectivity index (χ2v) is 8.78. The molecule has 0 N–H and O–H groups in total. The summed E-state index contributed by atoms with van der Waals surface area (Å²) in [5.74, 6) is 1.44. The lowest BCUT2D eigenvalue weighted by atomic mass is 10.2. The number of rotatable bonds is 4. The highest BCUT2D eigenvalue weighted by molar-refractivity contribution is 8.14. The third-order valence-electron chi connectivity index (χ3n) is 4.81. The number of hydrogen-bond acceptors (Lipinski definition) is 4. The van der Waals surface area contributed by atoms with Gasteiger partial charge in [0.25, 0.3) is 0 Å². The molecule has 0 atom stereocenters. The molecule has 0 radical (unpaired) electrons. The maximum atomic E-state index is 6.18. The molecule has 1 aromatic heterocycles. The molecule has 0 saturated heterocycles. The van der Waals surface area contributed by atoms with Crippen molar-refractivity contribution in [3.63, 3.8) is 0 Å². The number of benzene rings is 3. The average molecular weight is 466 g/mol. The zero-order chi connectivity index (χ0) is 21.2. The van der Waals surface area contributed by atoms with E-state index in [1.807, 2.05) is 59.6 Å². The smallest absolute Gasteiger partial charge is 0.185 e. The molecule has 4 nitrogen and oxygen atoms in total. The molecule has 3 aromatic carbocycles. The summed E-state index contributed by atoms with van der Waals surface area (Å²) in [4.78, 5) is 4.79. The van der Waals surface area contributed by atoms with Crippen LogP contribution >= 0.6 is 35.0 Å². The highest BCUT2D eigenvalue weighted by Gasteiger charge is 2.23. The second kappa shape index (κ2) is 8.79. The van der Waals surface area contributed by atoms with E-state index in [0.29, 0.717) is 22.3 Å². The van der Waals surface area contributed by atoms with E-state index in [-0.39, 0.29) is 0 Å². The van der Waals surface area contributed by atoms with Gasteiger partial charge in [-0.15, -0.1) is 0 Å². The SMILES string of the molecule is Clc1ccc(N=C2SCC(c3cc4ccccc4o3)=NN2Cc2ccccc2)cc1Cl. The van der Waals surface area contributed by atoms with Gasteiger partial charge in [0.1, 0.15) is 11.3 Å². The van der Waals surface area contributed by atoms with Gasteiger partial charge in [0.05, 0.1) is 22.3 Å². The predicted octanol–water partition coefficient (Wildman–Crippen LogP) is 7.38. The van der Waals surface area contributed by atoms with E-state index in [1.165, 1.54) is 0 Å². The van der Waals surface area contributed by atoms with Gasteiger partial charge < -0.3 is 4.42 Å². The first-order valence-corrected chi connectivity index (χ1v) is 11.4. The minimum absolute atomic E-state index is 0.477. The van der Waals surface area contributed by atoms with Crippen molar-refractivity contribution in [1.82, 2.24) is 5.01 Å². The largest absolute Gasteiger partial charge is 0.455 e. The second-order valence-electron chi connectivity index (χ2n) is 7.02. The fourth-order valence-corrected chi connectivity index (χ4v) is 4.47. The zero-order valence-electron chi connectivity index (χ0n) is 16.3.